The zero-order valence-electron chi connectivity index (χ0n) is 16.9. The lowest BCUT2D eigenvalue weighted by molar-refractivity contribution is -0.116. The Kier molecular flexibility index (Phi) is 7.45. The number of para-hydroxylation sites is 1. The highest BCUT2D eigenvalue weighted by molar-refractivity contribution is 7.92. The third-order valence-electron chi connectivity index (χ3n) is 4.53. The molecule has 0 saturated carbocycles. The van der Waals surface area contributed by atoms with Crippen LogP contribution in [0.15, 0.2) is 42.5 Å². The molecule has 0 aromatic heterocycles. The Morgan fingerprint density at radius 1 is 1.14 bits per heavy atom. The summed E-state index contributed by atoms with van der Waals surface area (Å²) in [4.78, 5) is 12.4. The van der Waals surface area contributed by atoms with Gasteiger partial charge in [-0.25, -0.2) is 8.42 Å². The van der Waals surface area contributed by atoms with Crippen LogP contribution in [0.25, 0.3) is 0 Å². The van der Waals surface area contributed by atoms with E-state index in [1.165, 1.54) is 4.31 Å². The fourth-order valence-corrected chi connectivity index (χ4v) is 3.99. The van der Waals surface area contributed by atoms with Crippen LogP contribution in [0.4, 0.5) is 11.4 Å². The molecule has 0 heterocycles. The van der Waals surface area contributed by atoms with Crippen molar-refractivity contribution in [2.24, 2.45) is 0 Å². The van der Waals surface area contributed by atoms with Crippen LogP contribution in [-0.2, 0) is 21.2 Å². The third-order valence-corrected chi connectivity index (χ3v) is 5.72. The topological polar surface area (TPSA) is 75.7 Å². The number of anilines is 2. The molecule has 0 bridgehead atoms. The van der Waals surface area contributed by atoms with Crippen molar-refractivity contribution in [2.75, 3.05) is 29.5 Å². The third kappa shape index (κ3) is 5.73. The Labute approximate surface area is 167 Å². The molecule has 2 rings (SSSR count). The van der Waals surface area contributed by atoms with Gasteiger partial charge in [0.1, 0.15) is 5.75 Å². The molecular weight excluding hydrogens is 376 g/mol. The Morgan fingerprint density at radius 3 is 2.39 bits per heavy atom. The van der Waals surface area contributed by atoms with Gasteiger partial charge < -0.3 is 10.1 Å². The van der Waals surface area contributed by atoms with Gasteiger partial charge in [0.05, 0.1) is 19.1 Å². The van der Waals surface area contributed by atoms with Gasteiger partial charge in [-0.3, -0.25) is 9.10 Å². The molecule has 0 fully saturated rings. The molecular formula is C21H28N2O4S. The van der Waals surface area contributed by atoms with Gasteiger partial charge in [-0.1, -0.05) is 25.1 Å². The minimum Gasteiger partial charge on any atom is -0.497 e. The maximum Gasteiger partial charge on any atom is 0.232 e. The number of ether oxygens (including phenoxy) is 1. The number of sulfonamides is 1. The molecule has 0 aliphatic heterocycles. The van der Waals surface area contributed by atoms with Gasteiger partial charge in [-0.2, -0.15) is 0 Å². The summed E-state index contributed by atoms with van der Waals surface area (Å²) in [6, 6.07) is 12.8. The van der Waals surface area contributed by atoms with E-state index in [1.807, 2.05) is 32.0 Å². The van der Waals surface area contributed by atoms with Crippen molar-refractivity contribution < 1.29 is 17.9 Å². The second-order valence-corrected chi connectivity index (χ2v) is 8.55. The monoisotopic (exact) mass is 404 g/mol. The van der Waals surface area contributed by atoms with Crippen molar-refractivity contribution in [3.63, 3.8) is 0 Å². The fraction of sp³-hybridized carbons (Fsp3) is 0.381. The maximum absolute atomic E-state index is 12.4. The molecule has 0 unspecified atom stereocenters. The SMILES string of the molecule is CCc1cccc(C)c1NC(=O)CCCN(c1ccc(OC)cc1)S(C)(=O)=O. The fourth-order valence-electron chi connectivity index (χ4n) is 3.02. The molecule has 152 valence electrons. The lowest BCUT2D eigenvalue weighted by Crippen LogP contribution is -2.31. The van der Waals surface area contributed by atoms with E-state index in [4.69, 9.17) is 4.74 Å². The Morgan fingerprint density at radius 2 is 1.82 bits per heavy atom. The molecule has 28 heavy (non-hydrogen) atoms. The first kappa shape index (κ1) is 21.8. The molecule has 0 aliphatic rings. The lowest BCUT2D eigenvalue weighted by Gasteiger charge is -2.22. The number of aryl methyl sites for hydroxylation is 2. The average Bonchev–Trinajstić information content (AvgIpc) is 2.66. The molecule has 2 aromatic rings. The van der Waals surface area contributed by atoms with Crippen LogP contribution in [0.3, 0.4) is 0 Å². The first-order valence-corrected chi connectivity index (χ1v) is 11.1. The summed E-state index contributed by atoms with van der Waals surface area (Å²) in [7, 11) is -1.90. The Hall–Kier alpha value is -2.54. The van der Waals surface area contributed by atoms with Gasteiger partial charge in [0.25, 0.3) is 0 Å². The Balaban J connectivity index is 2.01. The minimum atomic E-state index is -3.45. The first-order valence-electron chi connectivity index (χ1n) is 9.26. The average molecular weight is 405 g/mol. The molecule has 7 heteroatoms. The smallest absolute Gasteiger partial charge is 0.232 e. The number of methoxy groups -OCH3 is 1. The predicted octanol–water partition coefficient (Wildman–Crippen LogP) is 3.75. The molecule has 0 spiro atoms. The normalized spacial score (nSPS) is 11.1. The van der Waals surface area contributed by atoms with Crippen molar-refractivity contribution >= 4 is 27.3 Å². The van der Waals surface area contributed by atoms with Gasteiger partial charge >= 0.3 is 0 Å². The second-order valence-electron chi connectivity index (χ2n) is 6.65. The van der Waals surface area contributed by atoms with Crippen LogP contribution < -0.4 is 14.4 Å². The lowest BCUT2D eigenvalue weighted by atomic mass is 10.1. The van der Waals surface area contributed by atoms with Gasteiger partial charge in [0, 0.05) is 18.7 Å². The van der Waals surface area contributed by atoms with E-state index in [9.17, 15) is 13.2 Å². The van der Waals surface area contributed by atoms with Crippen LogP contribution in [0.5, 0.6) is 5.75 Å². The van der Waals surface area contributed by atoms with Crippen LogP contribution in [0.2, 0.25) is 0 Å². The summed E-state index contributed by atoms with van der Waals surface area (Å²) in [6.45, 7) is 4.24. The van der Waals surface area contributed by atoms with Gasteiger partial charge in [0.2, 0.25) is 15.9 Å². The van der Waals surface area contributed by atoms with E-state index in [1.54, 1.807) is 31.4 Å². The van der Waals surface area contributed by atoms with Gasteiger partial charge in [-0.15, -0.1) is 0 Å². The standard InChI is InChI=1S/C21H28N2O4S/c1-5-17-9-6-8-16(2)21(17)22-20(24)10-7-15-23(28(4,25)26)18-11-13-19(27-3)14-12-18/h6,8-9,11-14H,5,7,10,15H2,1-4H3,(H,22,24). The molecule has 0 saturated heterocycles. The molecule has 2 aromatic carbocycles. The number of benzene rings is 2. The molecule has 0 aliphatic carbocycles. The summed E-state index contributed by atoms with van der Waals surface area (Å²) >= 11 is 0. The first-order chi connectivity index (χ1) is 13.3. The summed E-state index contributed by atoms with van der Waals surface area (Å²) < 4.78 is 30.8. The van der Waals surface area contributed by atoms with Crippen molar-refractivity contribution in [1.82, 2.24) is 0 Å². The van der Waals surface area contributed by atoms with E-state index in [2.05, 4.69) is 5.32 Å². The van der Waals surface area contributed by atoms with E-state index in [-0.39, 0.29) is 18.9 Å². The van der Waals surface area contributed by atoms with Gasteiger partial charge in [0.15, 0.2) is 0 Å². The highest BCUT2D eigenvalue weighted by Crippen LogP contribution is 2.23. The van der Waals surface area contributed by atoms with Crippen molar-refractivity contribution in [2.45, 2.75) is 33.1 Å². The minimum absolute atomic E-state index is 0.118. The number of hydrogen-bond acceptors (Lipinski definition) is 4. The largest absolute Gasteiger partial charge is 0.497 e. The van der Waals surface area contributed by atoms with Crippen LogP contribution in [-0.4, -0.2) is 34.2 Å². The van der Waals surface area contributed by atoms with Crippen LogP contribution in [0, 0.1) is 6.92 Å². The zero-order chi connectivity index (χ0) is 20.7. The van der Waals surface area contributed by atoms with Crippen molar-refractivity contribution in [3.8, 4) is 5.75 Å². The van der Waals surface area contributed by atoms with Crippen LogP contribution in [0.1, 0.15) is 30.9 Å². The number of rotatable bonds is 9. The van der Waals surface area contributed by atoms with Crippen molar-refractivity contribution in [1.29, 1.82) is 0 Å². The number of nitrogens with zero attached hydrogens (tertiary/aromatic N) is 1. The van der Waals surface area contributed by atoms with E-state index in [0.29, 0.717) is 17.9 Å². The molecule has 1 N–H and O–H groups in total. The summed E-state index contributed by atoms with van der Waals surface area (Å²) in [5.41, 5.74) is 3.51. The number of carbonyl (C=O) groups excluding carboxylic acids is 1. The van der Waals surface area contributed by atoms with E-state index >= 15 is 0 Å². The molecule has 0 radical (unpaired) electrons. The maximum atomic E-state index is 12.4. The number of amides is 1. The summed E-state index contributed by atoms with van der Waals surface area (Å²) in [6.07, 6.45) is 2.65. The summed E-state index contributed by atoms with van der Waals surface area (Å²) in [5.74, 6) is 0.536. The molecule has 6 nitrogen and oxygen atoms in total. The van der Waals surface area contributed by atoms with Crippen molar-refractivity contribution in [3.05, 3.63) is 53.6 Å². The predicted molar refractivity (Wildman–Crippen MR) is 114 cm³/mol. The number of hydrogen-bond donors (Lipinski definition) is 1. The summed E-state index contributed by atoms with van der Waals surface area (Å²) in [5, 5.41) is 2.97. The number of carbonyl (C=O) groups is 1. The second kappa shape index (κ2) is 9.59. The van der Waals surface area contributed by atoms with Crippen LogP contribution >= 0.6 is 0 Å². The molecule has 1 amide bonds. The van der Waals surface area contributed by atoms with E-state index in [0.717, 1.165) is 29.5 Å². The quantitative estimate of drug-likeness (QED) is 0.691. The van der Waals surface area contributed by atoms with E-state index < -0.39 is 10.0 Å². The zero-order valence-corrected chi connectivity index (χ0v) is 17.7. The van der Waals surface area contributed by atoms with Gasteiger partial charge in [-0.05, 0) is 55.2 Å². The highest BCUT2D eigenvalue weighted by Gasteiger charge is 2.18. The highest BCUT2D eigenvalue weighted by atomic mass is 32.2. The Bertz CT molecular complexity index is 909. The number of nitrogens with one attached hydrogen (secondary N) is 1. The molecule has 0 atom stereocenters.